The number of hydrogen-bond acceptors (Lipinski definition) is 7. The molecule has 0 radical (unpaired) electrons. The van der Waals surface area contributed by atoms with Crippen LogP contribution < -0.4 is 9.47 Å². The molecule has 0 unspecified atom stereocenters. The van der Waals surface area contributed by atoms with Gasteiger partial charge >= 0.3 is 5.97 Å². The van der Waals surface area contributed by atoms with E-state index in [0.717, 1.165) is 0 Å². The molecule has 3 aromatic rings. The maximum absolute atomic E-state index is 11.1. The van der Waals surface area contributed by atoms with Crippen LogP contribution in [0.25, 0.3) is 11.3 Å². The van der Waals surface area contributed by atoms with Crippen LogP contribution in [-0.4, -0.2) is 26.8 Å². The number of carboxylic acid groups (broad SMARTS) is 1. The van der Waals surface area contributed by atoms with E-state index < -0.39 is 16.5 Å². The summed E-state index contributed by atoms with van der Waals surface area (Å²) in [7, 11) is 0. The molecule has 1 aromatic heterocycles. The molecule has 0 spiro atoms. The minimum absolute atomic E-state index is 0.0000274. The zero-order valence-corrected chi connectivity index (χ0v) is 15.7. The van der Waals surface area contributed by atoms with Gasteiger partial charge in [-0.25, -0.2) is 4.79 Å². The van der Waals surface area contributed by atoms with E-state index in [2.05, 4.69) is 5.16 Å². The fourth-order valence-corrected chi connectivity index (χ4v) is 2.37. The van der Waals surface area contributed by atoms with Crippen LogP contribution in [0.5, 0.6) is 11.5 Å². The van der Waals surface area contributed by atoms with Gasteiger partial charge in [-0.1, -0.05) is 5.16 Å². The molecule has 29 heavy (non-hydrogen) atoms. The van der Waals surface area contributed by atoms with Gasteiger partial charge in [-0.05, 0) is 50.2 Å². The number of rotatable bonds is 8. The molecule has 0 aliphatic rings. The molecule has 9 nitrogen and oxygen atoms in total. The first-order valence-electron chi connectivity index (χ1n) is 8.60. The number of aromatic nitrogens is 1. The molecular weight excluding hydrogens is 380 g/mol. The fourth-order valence-electron chi connectivity index (χ4n) is 2.37. The zero-order valence-electron chi connectivity index (χ0n) is 15.7. The van der Waals surface area contributed by atoms with Crippen LogP contribution in [0.3, 0.4) is 0 Å². The number of ether oxygens (including phenoxy) is 2. The number of nitro benzene ring substituents is 1. The monoisotopic (exact) mass is 398 g/mol. The Morgan fingerprint density at radius 3 is 2.34 bits per heavy atom. The number of aliphatic carboxylic acids is 1. The van der Waals surface area contributed by atoms with Crippen LogP contribution >= 0.6 is 0 Å². The van der Waals surface area contributed by atoms with Crippen molar-refractivity contribution in [2.24, 2.45) is 0 Å². The summed E-state index contributed by atoms with van der Waals surface area (Å²) in [5, 5.41) is 23.8. The number of benzene rings is 2. The summed E-state index contributed by atoms with van der Waals surface area (Å²) in [5.41, 5.74) is -0.109. The van der Waals surface area contributed by atoms with E-state index in [4.69, 9.17) is 19.1 Å². The Balaban J connectivity index is 1.59. The predicted octanol–water partition coefficient (Wildman–Crippen LogP) is 4.07. The second-order valence-corrected chi connectivity index (χ2v) is 6.66. The van der Waals surface area contributed by atoms with Crippen LogP contribution in [0, 0.1) is 10.1 Å². The van der Waals surface area contributed by atoms with Crippen LogP contribution in [0.2, 0.25) is 0 Å². The van der Waals surface area contributed by atoms with Gasteiger partial charge < -0.3 is 19.1 Å². The number of nitrogens with zero attached hydrogens (tertiary/aromatic N) is 2. The first kappa shape index (κ1) is 19.9. The van der Waals surface area contributed by atoms with Gasteiger partial charge in [-0.3, -0.25) is 10.1 Å². The normalized spacial score (nSPS) is 11.1. The first-order chi connectivity index (χ1) is 13.7. The average molecular weight is 398 g/mol. The Hall–Kier alpha value is -3.88. The minimum Gasteiger partial charge on any atom is -0.486 e. The first-order valence-corrected chi connectivity index (χ1v) is 8.60. The second kappa shape index (κ2) is 8.01. The topological polar surface area (TPSA) is 125 Å². The highest BCUT2D eigenvalue weighted by atomic mass is 16.6. The van der Waals surface area contributed by atoms with E-state index in [1.54, 1.807) is 42.5 Å². The molecule has 0 bridgehead atoms. The molecule has 0 amide bonds. The second-order valence-electron chi connectivity index (χ2n) is 6.66. The summed E-state index contributed by atoms with van der Waals surface area (Å²) in [5.74, 6) is 0.362. The van der Waals surface area contributed by atoms with E-state index in [1.165, 1.54) is 26.0 Å². The van der Waals surface area contributed by atoms with Gasteiger partial charge in [-0.15, -0.1) is 0 Å². The molecule has 2 aromatic carbocycles. The van der Waals surface area contributed by atoms with Gasteiger partial charge in [0.15, 0.2) is 11.4 Å². The lowest BCUT2D eigenvalue weighted by atomic mass is 10.1. The van der Waals surface area contributed by atoms with E-state index in [-0.39, 0.29) is 12.3 Å². The van der Waals surface area contributed by atoms with Gasteiger partial charge in [0.2, 0.25) is 0 Å². The number of carbonyl (C=O) groups is 1. The van der Waals surface area contributed by atoms with Gasteiger partial charge in [0.05, 0.1) is 4.92 Å². The largest absolute Gasteiger partial charge is 0.486 e. The number of carboxylic acids is 1. The van der Waals surface area contributed by atoms with Crippen molar-refractivity contribution >= 4 is 11.7 Å². The predicted molar refractivity (Wildman–Crippen MR) is 102 cm³/mol. The molecule has 0 saturated heterocycles. The third-order valence-electron chi connectivity index (χ3n) is 4.03. The number of non-ortho nitro benzene ring substituents is 1. The Morgan fingerprint density at radius 2 is 1.76 bits per heavy atom. The smallest absolute Gasteiger partial charge is 0.347 e. The van der Waals surface area contributed by atoms with Crippen LogP contribution in [-0.2, 0) is 11.4 Å². The molecule has 1 N–H and O–H groups in total. The van der Waals surface area contributed by atoms with Crippen LogP contribution in [0.15, 0.2) is 59.1 Å². The molecule has 0 aliphatic heterocycles. The van der Waals surface area contributed by atoms with Gasteiger partial charge in [0.1, 0.15) is 23.8 Å². The average Bonchev–Trinajstić information content (AvgIpc) is 3.16. The van der Waals surface area contributed by atoms with Crippen molar-refractivity contribution in [2.45, 2.75) is 26.1 Å². The molecule has 9 heteroatoms. The maximum Gasteiger partial charge on any atom is 0.347 e. The van der Waals surface area contributed by atoms with E-state index in [0.29, 0.717) is 28.5 Å². The fraction of sp³-hybridized carbons (Fsp3) is 0.200. The summed E-state index contributed by atoms with van der Waals surface area (Å²) in [6.07, 6.45) is 0. The molecule has 0 aliphatic carbocycles. The third-order valence-corrected chi connectivity index (χ3v) is 4.03. The lowest BCUT2D eigenvalue weighted by Crippen LogP contribution is -2.37. The Kier molecular flexibility index (Phi) is 5.49. The lowest BCUT2D eigenvalue weighted by molar-refractivity contribution is -0.384. The molecule has 3 rings (SSSR count). The van der Waals surface area contributed by atoms with E-state index >= 15 is 0 Å². The van der Waals surface area contributed by atoms with Gasteiger partial charge in [0.25, 0.3) is 5.69 Å². The molecular formula is C20H18N2O7. The van der Waals surface area contributed by atoms with Crippen molar-refractivity contribution in [3.8, 4) is 22.8 Å². The molecule has 0 saturated carbocycles. The molecule has 150 valence electrons. The third kappa shape index (κ3) is 4.89. The quantitative estimate of drug-likeness (QED) is 0.445. The Labute approximate surface area is 165 Å². The number of nitro groups is 1. The van der Waals surface area contributed by atoms with E-state index in [1.807, 2.05) is 0 Å². The van der Waals surface area contributed by atoms with Crippen molar-refractivity contribution in [1.29, 1.82) is 0 Å². The van der Waals surface area contributed by atoms with Gasteiger partial charge in [0, 0.05) is 23.8 Å². The Bertz CT molecular complexity index is 1010. The summed E-state index contributed by atoms with van der Waals surface area (Å²) in [6, 6.07) is 14.2. The molecule has 1 heterocycles. The Morgan fingerprint density at radius 1 is 1.14 bits per heavy atom. The zero-order chi connectivity index (χ0) is 21.0. The highest BCUT2D eigenvalue weighted by Crippen LogP contribution is 2.25. The maximum atomic E-state index is 11.1. The van der Waals surface area contributed by atoms with Crippen LogP contribution in [0.1, 0.15) is 19.6 Å². The highest BCUT2D eigenvalue weighted by Gasteiger charge is 2.29. The highest BCUT2D eigenvalue weighted by molar-refractivity contribution is 5.76. The van der Waals surface area contributed by atoms with E-state index in [9.17, 15) is 14.9 Å². The van der Waals surface area contributed by atoms with Crippen molar-refractivity contribution in [3.63, 3.8) is 0 Å². The summed E-state index contributed by atoms with van der Waals surface area (Å²) < 4.78 is 16.3. The van der Waals surface area contributed by atoms with Gasteiger partial charge in [-0.2, -0.15) is 0 Å². The minimum atomic E-state index is -1.34. The molecule has 0 fully saturated rings. The summed E-state index contributed by atoms with van der Waals surface area (Å²) in [6.45, 7) is 3.05. The lowest BCUT2D eigenvalue weighted by Gasteiger charge is -2.21. The van der Waals surface area contributed by atoms with Crippen molar-refractivity contribution in [1.82, 2.24) is 5.16 Å². The summed E-state index contributed by atoms with van der Waals surface area (Å²) in [4.78, 5) is 21.4. The standard InChI is InChI=1S/C20H18N2O7/c1-20(2,19(23)24)28-16-9-7-15(8-10-16)27-12-17-11-18(21-29-17)13-3-5-14(6-4-13)22(25)26/h3-11H,12H2,1-2H3,(H,23,24). The van der Waals surface area contributed by atoms with Crippen molar-refractivity contribution in [3.05, 3.63) is 70.5 Å². The van der Waals surface area contributed by atoms with Crippen molar-refractivity contribution < 1.29 is 28.8 Å². The SMILES string of the molecule is CC(C)(Oc1ccc(OCc2cc(-c3ccc([N+](=O)[O-])cc3)no2)cc1)C(=O)O. The molecule has 0 atom stereocenters. The van der Waals surface area contributed by atoms with Crippen molar-refractivity contribution in [2.75, 3.05) is 0 Å². The summed E-state index contributed by atoms with van der Waals surface area (Å²) >= 11 is 0. The van der Waals surface area contributed by atoms with Crippen LogP contribution in [0.4, 0.5) is 5.69 Å². The number of hydrogen-bond donors (Lipinski definition) is 1.